The summed E-state index contributed by atoms with van der Waals surface area (Å²) in [6.07, 6.45) is 17.3. The first-order valence-electron chi connectivity index (χ1n) is 11.9. The van der Waals surface area contributed by atoms with Gasteiger partial charge in [0.05, 0.1) is 12.6 Å². The Morgan fingerprint density at radius 2 is 1.71 bits per heavy atom. The average Bonchev–Trinajstić information content (AvgIpc) is 2.96. The molecule has 0 spiro atoms. The average molecular weight is 392 g/mol. The van der Waals surface area contributed by atoms with Gasteiger partial charge in [-0.15, -0.1) is 0 Å². The van der Waals surface area contributed by atoms with Gasteiger partial charge in [-0.05, 0) is 37.5 Å². The van der Waals surface area contributed by atoms with Crippen LogP contribution in [0.1, 0.15) is 103 Å². The van der Waals surface area contributed by atoms with Crippen LogP contribution in [-0.2, 0) is 4.79 Å². The first-order chi connectivity index (χ1) is 13.6. The second-order valence-electron chi connectivity index (χ2n) is 9.61. The molecule has 3 rings (SSSR count). The normalized spacial score (nSPS) is 28.6. The largest absolute Gasteiger partial charge is 0.394 e. The number of carbonyl (C=O) groups excluding carboxylic acids is 1. The van der Waals surface area contributed by atoms with E-state index >= 15 is 0 Å². The molecule has 2 saturated carbocycles. The number of carbonyl (C=O) groups is 1. The molecule has 1 amide bonds. The van der Waals surface area contributed by atoms with E-state index in [2.05, 4.69) is 12.2 Å². The molecule has 3 aliphatic rings. The predicted octanol–water partition coefficient (Wildman–Crippen LogP) is 4.58. The molecule has 0 aromatic carbocycles. The molecule has 1 heterocycles. The lowest BCUT2D eigenvalue weighted by Crippen LogP contribution is -2.50. The highest BCUT2D eigenvalue weighted by atomic mass is 16.3. The topological polar surface area (TPSA) is 76.4 Å². The minimum absolute atomic E-state index is 0.0615. The maximum Gasteiger partial charge on any atom is 0.255 e. The van der Waals surface area contributed by atoms with Crippen LogP contribution >= 0.6 is 0 Å². The number of aliphatic hydroxyl groups excluding tert-OH is 1. The van der Waals surface area contributed by atoms with Gasteiger partial charge in [-0.25, -0.2) is 0 Å². The Kier molecular flexibility index (Phi) is 7.78. The minimum atomic E-state index is -0.613. The molecule has 0 radical (unpaired) electrons. The maximum absolute atomic E-state index is 13.7. The maximum atomic E-state index is 13.7. The van der Waals surface area contributed by atoms with Gasteiger partial charge < -0.3 is 10.4 Å². The first-order valence-corrected chi connectivity index (χ1v) is 11.9. The molecule has 0 aromatic rings. The van der Waals surface area contributed by atoms with E-state index in [1.165, 1.54) is 64.2 Å². The number of amides is 1. The lowest BCUT2D eigenvalue weighted by atomic mass is 9.75. The van der Waals surface area contributed by atoms with Gasteiger partial charge in [-0.2, -0.15) is 0 Å². The van der Waals surface area contributed by atoms with Crippen molar-refractivity contribution in [3.63, 3.8) is 0 Å². The third kappa shape index (κ3) is 4.90. The molecular weight excluding hydrogens is 350 g/mol. The van der Waals surface area contributed by atoms with Gasteiger partial charge in [0.1, 0.15) is 5.54 Å². The number of nitrogens with zero attached hydrogens (tertiary/aromatic N) is 1. The van der Waals surface area contributed by atoms with Crippen molar-refractivity contribution in [2.75, 3.05) is 6.61 Å². The van der Waals surface area contributed by atoms with Crippen LogP contribution in [0, 0.1) is 17.2 Å². The number of aliphatic hydroxyl groups is 1. The molecule has 5 heteroatoms. The van der Waals surface area contributed by atoms with E-state index < -0.39 is 5.54 Å². The van der Waals surface area contributed by atoms with E-state index in [9.17, 15) is 9.90 Å². The summed E-state index contributed by atoms with van der Waals surface area (Å²) < 4.78 is 0. The number of guanidine groups is 1. The van der Waals surface area contributed by atoms with E-state index in [1.54, 1.807) is 4.90 Å². The number of hydrogen-bond acceptors (Lipinski definition) is 3. The van der Waals surface area contributed by atoms with Crippen molar-refractivity contribution in [3.8, 4) is 0 Å². The number of hydrogen-bond donors (Lipinski definition) is 3. The van der Waals surface area contributed by atoms with Crippen molar-refractivity contribution in [3.05, 3.63) is 0 Å². The Labute approximate surface area is 171 Å². The minimum Gasteiger partial charge on any atom is -0.394 e. The lowest BCUT2D eigenvalue weighted by molar-refractivity contribution is -0.134. The summed E-state index contributed by atoms with van der Waals surface area (Å²) in [7, 11) is 0. The van der Waals surface area contributed by atoms with Crippen LogP contribution in [0.5, 0.6) is 0 Å². The van der Waals surface area contributed by atoms with Gasteiger partial charge >= 0.3 is 0 Å². The Morgan fingerprint density at radius 3 is 2.29 bits per heavy atom. The molecular formula is C23H41N3O2. The molecule has 3 fully saturated rings. The molecule has 160 valence electrons. The predicted molar refractivity (Wildman–Crippen MR) is 113 cm³/mol. The molecule has 28 heavy (non-hydrogen) atoms. The summed E-state index contributed by atoms with van der Waals surface area (Å²) in [6, 6.07) is -0.264. The second kappa shape index (κ2) is 10.1. The highest BCUT2D eigenvalue weighted by molar-refractivity contribution is 6.08. The van der Waals surface area contributed by atoms with Gasteiger partial charge in [0.2, 0.25) is 0 Å². The van der Waals surface area contributed by atoms with Crippen molar-refractivity contribution < 1.29 is 9.90 Å². The fourth-order valence-corrected chi connectivity index (χ4v) is 5.88. The fourth-order valence-electron chi connectivity index (χ4n) is 5.88. The summed E-state index contributed by atoms with van der Waals surface area (Å²) in [5.74, 6) is 1.60. The summed E-state index contributed by atoms with van der Waals surface area (Å²) in [6.45, 7) is 2.00. The van der Waals surface area contributed by atoms with Crippen LogP contribution < -0.4 is 5.32 Å². The summed E-state index contributed by atoms with van der Waals surface area (Å²) in [5, 5.41) is 21.8. The van der Waals surface area contributed by atoms with E-state index in [-0.39, 0.29) is 24.5 Å². The summed E-state index contributed by atoms with van der Waals surface area (Å²) in [4.78, 5) is 15.3. The molecule has 3 N–H and O–H groups in total. The SMILES string of the molecule is CCCC(CO)N1C(=N)N[C@](CCC2CCCCC2)(CC2CCCCC2)C1=O. The second-order valence-corrected chi connectivity index (χ2v) is 9.61. The molecule has 2 aliphatic carbocycles. The quantitative estimate of drug-likeness (QED) is 0.538. The van der Waals surface area contributed by atoms with E-state index in [4.69, 9.17) is 5.41 Å². The smallest absolute Gasteiger partial charge is 0.255 e. The molecule has 2 atom stereocenters. The van der Waals surface area contributed by atoms with Crippen LogP contribution in [0.3, 0.4) is 0 Å². The summed E-state index contributed by atoms with van der Waals surface area (Å²) in [5.41, 5.74) is -0.613. The fraction of sp³-hybridized carbons (Fsp3) is 0.913. The van der Waals surface area contributed by atoms with Gasteiger partial charge in [-0.3, -0.25) is 15.1 Å². The Balaban J connectivity index is 1.76. The number of nitrogens with one attached hydrogen (secondary N) is 2. The molecule has 1 saturated heterocycles. The zero-order valence-electron chi connectivity index (χ0n) is 17.8. The van der Waals surface area contributed by atoms with Gasteiger partial charge in [0, 0.05) is 0 Å². The standard InChI is InChI=1S/C23H41N3O2/c1-2-9-20(17-27)26-21(28)23(25-22(26)24,16-19-12-7-4-8-13-19)15-14-18-10-5-3-6-11-18/h18-20,27H,2-17H2,1H3,(H2,24,25)/t20?,23-/m1/s1. The van der Waals surface area contributed by atoms with E-state index in [0.717, 1.165) is 38.0 Å². The molecule has 0 bridgehead atoms. The van der Waals surface area contributed by atoms with Crippen molar-refractivity contribution in [1.29, 1.82) is 5.41 Å². The van der Waals surface area contributed by atoms with Crippen molar-refractivity contribution in [2.45, 2.75) is 115 Å². The lowest BCUT2D eigenvalue weighted by Gasteiger charge is -2.35. The van der Waals surface area contributed by atoms with Crippen LogP contribution in [0.25, 0.3) is 0 Å². The van der Waals surface area contributed by atoms with E-state index in [1.807, 2.05) is 0 Å². The number of rotatable bonds is 9. The first kappa shape index (κ1) is 21.6. The third-order valence-corrected chi connectivity index (χ3v) is 7.49. The van der Waals surface area contributed by atoms with Crippen molar-refractivity contribution in [2.24, 2.45) is 11.8 Å². The van der Waals surface area contributed by atoms with Crippen LogP contribution in [0.15, 0.2) is 0 Å². The molecule has 5 nitrogen and oxygen atoms in total. The molecule has 1 unspecified atom stereocenters. The highest BCUT2D eigenvalue weighted by Crippen LogP contribution is 2.39. The molecule has 0 aromatic heterocycles. The zero-order valence-corrected chi connectivity index (χ0v) is 17.8. The zero-order chi connectivity index (χ0) is 20.0. The van der Waals surface area contributed by atoms with Crippen LogP contribution in [0.2, 0.25) is 0 Å². The Bertz CT molecular complexity index is 526. The van der Waals surface area contributed by atoms with Gasteiger partial charge in [0.25, 0.3) is 5.91 Å². The third-order valence-electron chi connectivity index (χ3n) is 7.49. The Hall–Kier alpha value is -1.10. The summed E-state index contributed by atoms with van der Waals surface area (Å²) >= 11 is 0. The van der Waals surface area contributed by atoms with Gasteiger partial charge in [0.15, 0.2) is 5.96 Å². The highest BCUT2D eigenvalue weighted by Gasteiger charge is 2.51. The van der Waals surface area contributed by atoms with E-state index in [0.29, 0.717) is 5.92 Å². The van der Waals surface area contributed by atoms with Crippen molar-refractivity contribution >= 4 is 11.9 Å². The van der Waals surface area contributed by atoms with Gasteiger partial charge in [-0.1, -0.05) is 77.6 Å². The van der Waals surface area contributed by atoms with Crippen LogP contribution in [-0.4, -0.2) is 40.1 Å². The monoisotopic (exact) mass is 391 g/mol. The Morgan fingerprint density at radius 1 is 1.11 bits per heavy atom. The van der Waals surface area contributed by atoms with Crippen molar-refractivity contribution in [1.82, 2.24) is 10.2 Å². The van der Waals surface area contributed by atoms with Crippen LogP contribution in [0.4, 0.5) is 0 Å². The molecule has 1 aliphatic heterocycles.